The van der Waals surface area contributed by atoms with Gasteiger partial charge in [0.2, 0.25) is 0 Å². The summed E-state index contributed by atoms with van der Waals surface area (Å²) < 4.78 is 6.20. The zero-order valence-electron chi connectivity index (χ0n) is 10.0. The maximum Gasteiger partial charge on any atom is 0.142 e. The highest BCUT2D eigenvalue weighted by Crippen LogP contribution is 2.38. The number of halogens is 3. The maximum atomic E-state index is 6.14. The molecule has 3 nitrogen and oxygen atoms in total. The molecule has 0 saturated carbocycles. The topological polar surface area (TPSA) is 47.3 Å². The molecule has 2 aromatic carbocycles. The summed E-state index contributed by atoms with van der Waals surface area (Å²) in [5.74, 6) is 0.687. The molecule has 0 bridgehead atoms. The summed E-state index contributed by atoms with van der Waals surface area (Å²) >= 11 is 15.7. The average Bonchev–Trinajstić information content (AvgIpc) is 2.34. The third kappa shape index (κ3) is 3.26. The van der Waals surface area contributed by atoms with Crippen molar-refractivity contribution in [1.82, 2.24) is 0 Å². The fourth-order valence-corrected chi connectivity index (χ4v) is 2.58. The Morgan fingerprint density at radius 3 is 2.37 bits per heavy atom. The van der Waals surface area contributed by atoms with Crippen LogP contribution in [-0.2, 0) is 0 Å². The molecule has 0 aromatic heterocycles. The number of nitrogens with two attached hydrogens (primary N) is 1. The van der Waals surface area contributed by atoms with Crippen molar-refractivity contribution in [3.63, 3.8) is 0 Å². The average molecular weight is 362 g/mol. The van der Waals surface area contributed by atoms with E-state index >= 15 is 0 Å². The van der Waals surface area contributed by atoms with Crippen LogP contribution >= 0.6 is 39.1 Å². The number of anilines is 3. The Kier molecular flexibility index (Phi) is 4.45. The van der Waals surface area contributed by atoms with Gasteiger partial charge in [0, 0.05) is 10.2 Å². The van der Waals surface area contributed by atoms with Gasteiger partial charge in [-0.05, 0) is 30.3 Å². The minimum absolute atomic E-state index is 0.451. The molecule has 0 atom stereocenters. The van der Waals surface area contributed by atoms with Gasteiger partial charge in [-0.25, -0.2) is 0 Å². The second-order valence-electron chi connectivity index (χ2n) is 3.83. The van der Waals surface area contributed by atoms with Gasteiger partial charge in [-0.1, -0.05) is 39.1 Å². The summed E-state index contributed by atoms with van der Waals surface area (Å²) in [7, 11) is 1.60. The van der Waals surface area contributed by atoms with Gasteiger partial charge in [-0.3, -0.25) is 0 Å². The molecule has 0 amide bonds. The maximum absolute atomic E-state index is 6.14. The second kappa shape index (κ2) is 5.90. The Hall–Kier alpha value is -1.10. The predicted molar refractivity (Wildman–Crippen MR) is 84.9 cm³/mol. The Balaban J connectivity index is 2.44. The normalized spacial score (nSPS) is 10.3. The van der Waals surface area contributed by atoms with Crippen molar-refractivity contribution in [2.45, 2.75) is 0 Å². The SMILES string of the molecule is COc1ccc(Br)cc1Nc1c(Cl)cc(N)cc1Cl. The highest BCUT2D eigenvalue weighted by Gasteiger charge is 2.11. The van der Waals surface area contributed by atoms with Crippen molar-refractivity contribution in [3.05, 3.63) is 44.8 Å². The van der Waals surface area contributed by atoms with Gasteiger partial charge in [0.1, 0.15) is 5.75 Å². The third-order valence-electron chi connectivity index (χ3n) is 2.49. The number of rotatable bonds is 3. The summed E-state index contributed by atoms with van der Waals surface area (Å²) in [5.41, 5.74) is 7.54. The molecule has 2 aromatic rings. The van der Waals surface area contributed by atoms with Crippen molar-refractivity contribution >= 4 is 56.2 Å². The molecule has 0 unspecified atom stereocenters. The molecule has 0 spiro atoms. The predicted octanol–water partition coefficient (Wildman–Crippen LogP) is 5.09. The van der Waals surface area contributed by atoms with Crippen LogP contribution in [0.15, 0.2) is 34.8 Å². The standard InChI is InChI=1S/C13H11BrCl2N2O/c1-19-12-3-2-7(14)4-11(12)18-13-9(15)5-8(17)6-10(13)16/h2-6,18H,17H2,1H3. The van der Waals surface area contributed by atoms with Crippen LogP contribution in [0.1, 0.15) is 0 Å². The lowest BCUT2D eigenvalue weighted by Gasteiger charge is -2.14. The molecular formula is C13H11BrCl2N2O. The van der Waals surface area contributed by atoms with Gasteiger partial charge in [0.05, 0.1) is 28.5 Å². The first kappa shape index (κ1) is 14.3. The number of methoxy groups -OCH3 is 1. The molecular weight excluding hydrogens is 351 g/mol. The molecule has 0 aliphatic heterocycles. The van der Waals surface area contributed by atoms with E-state index in [9.17, 15) is 0 Å². The summed E-state index contributed by atoms with van der Waals surface area (Å²) in [5, 5.41) is 4.06. The van der Waals surface area contributed by atoms with Crippen molar-refractivity contribution in [2.75, 3.05) is 18.2 Å². The van der Waals surface area contributed by atoms with Crippen LogP contribution in [0, 0.1) is 0 Å². The molecule has 0 heterocycles. The molecule has 0 fully saturated rings. The van der Waals surface area contributed by atoms with E-state index in [1.165, 1.54) is 0 Å². The molecule has 19 heavy (non-hydrogen) atoms. The first-order valence-corrected chi connectivity index (χ1v) is 6.91. The van der Waals surface area contributed by atoms with Crippen LogP contribution in [0.25, 0.3) is 0 Å². The number of hydrogen-bond donors (Lipinski definition) is 2. The fourth-order valence-electron chi connectivity index (χ4n) is 1.62. The number of nitrogens with one attached hydrogen (secondary N) is 1. The van der Waals surface area contributed by atoms with E-state index in [0.717, 1.165) is 10.2 Å². The van der Waals surface area contributed by atoms with Crippen LogP contribution in [-0.4, -0.2) is 7.11 Å². The molecule has 3 N–H and O–H groups in total. The van der Waals surface area contributed by atoms with Crippen LogP contribution < -0.4 is 15.8 Å². The van der Waals surface area contributed by atoms with Crippen molar-refractivity contribution in [3.8, 4) is 5.75 Å². The van der Waals surface area contributed by atoms with E-state index in [1.807, 2.05) is 18.2 Å². The summed E-state index contributed by atoms with van der Waals surface area (Å²) in [6.45, 7) is 0. The first-order chi connectivity index (χ1) is 9.01. The highest BCUT2D eigenvalue weighted by atomic mass is 79.9. The van der Waals surface area contributed by atoms with E-state index < -0.39 is 0 Å². The van der Waals surface area contributed by atoms with Gasteiger partial charge < -0.3 is 15.8 Å². The number of benzene rings is 2. The Bertz CT molecular complexity index is 597. The zero-order chi connectivity index (χ0) is 14.0. The van der Waals surface area contributed by atoms with E-state index in [4.69, 9.17) is 33.7 Å². The summed E-state index contributed by atoms with van der Waals surface area (Å²) in [4.78, 5) is 0. The van der Waals surface area contributed by atoms with Crippen molar-refractivity contribution in [1.29, 1.82) is 0 Å². The molecule has 0 aliphatic rings. The Morgan fingerprint density at radius 2 is 1.79 bits per heavy atom. The van der Waals surface area contributed by atoms with Crippen LogP contribution in [0.2, 0.25) is 10.0 Å². The Morgan fingerprint density at radius 1 is 1.16 bits per heavy atom. The van der Waals surface area contributed by atoms with E-state index in [2.05, 4.69) is 21.2 Å². The van der Waals surface area contributed by atoms with Gasteiger partial charge in [0.15, 0.2) is 0 Å². The minimum atomic E-state index is 0.451. The molecule has 100 valence electrons. The molecule has 6 heteroatoms. The zero-order valence-corrected chi connectivity index (χ0v) is 13.1. The molecule has 2 rings (SSSR count). The summed E-state index contributed by atoms with van der Waals surface area (Å²) in [6, 6.07) is 8.88. The van der Waals surface area contributed by atoms with E-state index in [1.54, 1.807) is 19.2 Å². The van der Waals surface area contributed by atoms with Gasteiger partial charge >= 0.3 is 0 Å². The summed E-state index contributed by atoms with van der Waals surface area (Å²) in [6.07, 6.45) is 0. The molecule has 0 radical (unpaired) electrons. The lowest BCUT2D eigenvalue weighted by molar-refractivity contribution is 0.417. The van der Waals surface area contributed by atoms with E-state index in [-0.39, 0.29) is 0 Å². The minimum Gasteiger partial charge on any atom is -0.495 e. The van der Waals surface area contributed by atoms with Gasteiger partial charge in [-0.15, -0.1) is 0 Å². The van der Waals surface area contributed by atoms with Crippen molar-refractivity contribution in [2.24, 2.45) is 0 Å². The smallest absolute Gasteiger partial charge is 0.142 e. The largest absolute Gasteiger partial charge is 0.495 e. The van der Waals surface area contributed by atoms with Crippen LogP contribution in [0.4, 0.5) is 17.1 Å². The lowest BCUT2D eigenvalue weighted by atomic mass is 10.2. The first-order valence-electron chi connectivity index (χ1n) is 5.36. The Labute approximate surface area is 129 Å². The monoisotopic (exact) mass is 360 g/mol. The number of hydrogen-bond acceptors (Lipinski definition) is 3. The highest BCUT2D eigenvalue weighted by molar-refractivity contribution is 9.10. The quantitative estimate of drug-likeness (QED) is 0.748. The lowest BCUT2D eigenvalue weighted by Crippen LogP contribution is -1.97. The third-order valence-corrected chi connectivity index (χ3v) is 3.58. The van der Waals surface area contributed by atoms with Crippen LogP contribution in [0.5, 0.6) is 5.75 Å². The number of nitrogen functional groups attached to an aromatic ring is 1. The fraction of sp³-hybridized carbons (Fsp3) is 0.0769. The number of ether oxygens (including phenoxy) is 1. The van der Waals surface area contributed by atoms with Crippen molar-refractivity contribution < 1.29 is 4.74 Å². The van der Waals surface area contributed by atoms with Gasteiger partial charge in [0.25, 0.3) is 0 Å². The van der Waals surface area contributed by atoms with Crippen LogP contribution in [0.3, 0.4) is 0 Å². The second-order valence-corrected chi connectivity index (χ2v) is 5.56. The molecule has 0 saturated heterocycles. The van der Waals surface area contributed by atoms with E-state index in [0.29, 0.717) is 27.2 Å². The molecule has 0 aliphatic carbocycles. The van der Waals surface area contributed by atoms with Gasteiger partial charge in [-0.2, -0.15) is 0 Å².